The molecule has 0 amide bonds. The van der Waals surface area contributed by atoms with Gasteiger partial charge in [0.2, 0.25) is 0 Å². The van der Waals surface area contributed by atoms with Crippen LogP contribution in [0.5, 0.6) is 0 Å². The first-order chi connectivity index (χ1) is 7.80. The van der Waals surface area contributed by atoms with Crippen molar-refractivity contribution >= 4 is 19.2 Å². The van der Waals surface area contributed by atoms with Crippen molar-refractivity contribution in [1.29, 1.82) is 0 Å². The van der Waals surface area contributed by atoms with Gasteiger partial charge in [0.05, 0.1) is 13.6 Å². The Morgan fingerprint density at radius 1 is 1.00 bits per heavy atom. The summed E-state index contributed by atoms with van der Waals surface area (Å²) in [4.78, 5) is 20.9. The van der Waals surface area contributed by atoms with Crippen molar-refractivity contribution in [3.63, 3.8) is 0 Å². The Hall–Kier alpha value is -1.13. The van der Waals surface area contributed by atoms with Gasteiger partial charge in [-0.3, -0.25) is 4.89 Å². The smallest absolute Gasteiger partial charge is 0.292 e. The third-order valence-corrected chi connectivity index (χ3v) is 4.34. The molecule has 4 heteroatoms. The summed E-state index contributed by atoms with van der Waals surface area (Å²) in [6.45, 7) is 10.2. The molecule has 0 saturated carbocycles. The summed E-state index contributed by atoms with van der Waals surface area (Å²) in [5.74, 6) is -0.465. The third kappa shape index (κ3) is 4.32. The van der Waals surface area contributed by atoms with E-state index in [-0.39, 0.29) is 0 Å². The van der Waals surface area contributed by atoms with E-state index in [1.54, 1.807) is 26.0 Å². The highest BCUT2D eigenvalue weighted by Crippen LogP contribution is 2.07. The zero-order valence-corrected chi connectivity index (χ0v) is 12.0. The average molecular weight is 251 g/mol. The summed E-state index contributed by atoms with van der Waals surface area (Å²) in [6.07, 6.45) is 0.595. The van der Waals surface area contributed by atoms with Crippen LogP contribution in [0, 0.1) is 6.10 Å². The molecule has 1 radical (unpaired) electrons. The van der Waals surface area contributed by atoms with Crippen molar-refractivity contribution < 1.29 is 14.6 Å². The molecule has 1 rings (SSSR count). The minimum Gasteiger partial charge on any atom is -0.292 e. The Morgan fingerprint density at radius 3 is 1.94 bits per heavy atom. The second kappa shape index (κ2) is 5.47. The molecule has 17 heavy (non-hydrogen) atoms. The van der Waals surface area contributed by atoms with Gasteiger partial charge in [-0.05, 0) is 26.0 Å². The van der Waals surface area contributed by atoms with E-state index in [9.17, 15) is 4.79 Å². The monoisotopic (exact) mass is 251 g/mol. The largest absolute Gasteiger partial charge is 0.373 e. The Bertz CT molecular complexity index is 377. The van der Waals surface area contributed by atoms with Crippen LogP contribution in [0.1, 0.15) is 24.2 Å². The Labute approximate surface area is 104 Å². The first-order valence-electron chi connectivity index (χ1n) is 5.60. The maximum atomic E-state index is 11.6. The molecular weight excluding hydrogens is 232 g/mol. The Kier molecular flexibility index (Phi) is 4.48. The van der Waals surface area contributed by atoms with E-state index in [0.717, 1.165) is 0 Å². The number of carbonyl (C=O) groups excluding carboxylic acids is 1. The summed E-state index contributed by atoms with van der Waals surface area (Å²) < 4.78 is 0. The highest BCUT2D eigenvalue weighted by atomic mass is 28.3. The minimum absolute atomic E-state index is 0.465. The van der Waals surface area contributed by atoms with E-state index in [1.807, 2.05) is 12.1 Å². The van der Waals surface area contributed by atoms with Crippen LogP contribution in [-0.2, 0) is 9.78 Å². The van der Waals surface area contributed by atoms with Crippen LogP contribution >= 0.6 is 0 Å². The van der Waals surface area contributed by atoms with Gasteiger partial charge >= 0.3 is 5.97 Å². The molecule has 0 aromatic heterocycles. The van der Waals surface area contributed by atoms with E-state index in [0.29, 0.717) is 11.7 Å². The minimum atomic E-state index is -1.31. The summed E-state index contributed by atoms with van der Waals surface area (Å²) in [6, 6.07) is 7.55. The molecular formula is C13H19O3Si. The maximum absolute atomic E-state index is 11.6. The van der Waals surface area contributed by atoms with Gasteiger partial charge in [0, 0.05) is 0 Å². The second-order valence-corrected chi connectivity index (χ2v) is 10.3. The van der Waals surface area contributed by atoms with Crippen LogP contribution < -0.4 is 5.19 Å². The van der Waals surface area contributed by atoms with Crippen LogP contribution in [0.4, 0.5) is 0 Å². The summed E-state index contributed by atoms with van der Waals surface area (Å²) in [7, 11) is -1.31. The molecule has 0 aliphatic rings. The summed E-state index contributed by atoms with van der Waals surface area (Å²) in [5.41, 5.74) is 0.508. The van der Waals surface area contributed by atoms with Gasteiger partial charge in [-0.1, -0.05) is 37.0 Å². The number of carbonyl (C=O) groups is 1. The average Bonchev–Trinajstić information content (AvgIpc) is 2.25. The van der Waals surface area contributed by atoms with Crippen LogP contribution in [0.2, 0.25) is 19.6 Å². The number of hydrogen-bond acceptors (Lipinski definition) is 3. The molecule has 0 bridgehead atoms. The SMILES string of the molecule is C[C](C)OOC(=O)c1ccc([Si](C)(C)C)cc1. The quantitative estimate of drug-likeness (QED) is 0.469. The Morgan fingerprint density at radius 2 is 1.53 bits per heavy atom. The van der Waals surface area contributed by atoms with Gasteiger partial charge in [-0.25, -0.2) is 4.79 Å². The summed E-state index contributed by atoms with van der Waals surface area (Å²) in [5, 5.41) is 1.31. The van der Waals surface area contributed by atoms with Gasteiger partial charge in [0.25, 0.3) is 0 Å². The maximum Gasteiger partial charge on any atom is 0.373 e. The number of benzene rings is 1. The fourth-order valence-corrected chi connectivity index (χ4v) is 2.44. The number of hydrogen-bond donors (Lipinski definition) is 0. The number of rotatable bonds is 4. The standard InChI is InChI=1S/C13H19O3Si/c1-10(2)15-16-13(14)11-6-8-12(9-7-11)17(3,4)5/h6-9H,1-5H3. The predicted octanol–water partition coefficient (Wildman–Crippen LogP) is 2.89. The zero-order valence-electron chi connectivity index (χ0n) is 11.0. The first kappa shape index (κ1) is 13.9. The van der Waals surface area contributed by atoms with Crippen LogP contribution in [0.3, 0.4) is 0 Å². The molecule has 0 aliphatic heterocycles. The van der Waals surface area contributed by atoms with Gasteiger partial charge in [0.1, 0.15) is 6.10 Å². The van der Waals surface area contributed by atoms with Crippen molar-refractivity contribution in [3.05, 3.63) is 35.9 Å². The highest BCUT2D eigenvalue weighted by molar-refractivity contribution is 6.88. The van der Waals surface area contributed by atoms with Crippen molar-refractivity contribution in [2.24, 2.45) is 0 Å². The van der Waals surface area contributed by atoms with Gasteiger partial charge in [-0.15, -0.1) is 0 Å². The molecule has 0 N–H and O–H groups in total. The van der Waals surface area contributed by atoms with Crippen molar-refractivity contribution in [3.8, 4) is 0 Å². The molecule has 3 nitrogen and oxygen atoms in total. The lowest BCUT2D eigenvalue weighted by Gasteiger charge is -2.16. The second-order valence-electron chi connectivity index (χ2n) is 5.19. The van der Waals surface area contributed by atoms with Crippen LogP contribution in [0.25, 0.3) is 0 Å². The molecule has 0 saturated heterocycles. The summed E-state index contributed by atoms with van der Waals surface area (Å²) >= 11 is 0. The van der Waals surface area contributed by atoms with Crippen molar-refractivity contribution in [2.75, 3.05) is 0 Å². The normalized spacial score (nSPS) is 11.6. The molecule has 0 unspecified atom stereocenters. The predicted molar refractivity (Wildman–Crippen MR) is 70.5 cm³/mol. The van der Waals surface area contributed by atoms with E-state index >= 15 is 0 Å². The molecule has 0 aliphatic carbocycles. The van der Waals surface area contributed by atoms with Crippen LogP contribution in [-0.4, -0.2) is 14.0 Å². The lowest BCUT2D eigenvalue weighted by molar-refractivity contribution is -0.229. The van der Waals surface area contributed by atoms with Gasteiger partial charge in [0.15, 0.2) is 0 Å². The fourth-order valence-electron chi connectivity index (χ4n) is 1.28. The van der Waals surface area contributed by atoms with Crippen molar-refractivity contribution in [1.82, 2.24) is 0 Å². The highest BCUT2D eigenvalue weighted by Gasteiger charge is 2.17. The zero-order chi connectivity index (χ0) is 13.1. The Balaban J connectivity index is 2.71. The lowest BCUT2D eigenvalue weighted by atomic mass is 10.2. The van der Waals surface area contributed by atoms with Gasteiger partial charge < -0.3 is 0 Å². The van der Waals surface area contributed by atoms with E-state index in [2.05, 4.69) is 24.5 Å². The topological polar surface area (TPSA) is 35.5 Å². The lowest BCUT2D eigenvalue weighted by Crippen LogP contribution is -2.37. The molecule has 93 valence electrons. The third-order valence-electron chi connectivity index (χ3n) is 2.27. The molecule has 0 spiro atoms. The molecule has 0 atom stereocenters. The van der Waals surface area contributed by atoms with E-state index < -0.39 is 14.0 Å². The van der Waals surface area contributed by atoms with Crippen LogP contribution in [0.15, 0.2) is 24.3 Å². The van der Waals surface area contributed by atoms with Gasteiger partial charge in [-0.2, -0.15) is 4.89 Å². The molecule has 0 heterocycles. The van der Waals surface area contributed by atoms with E-state index in [4.69, 9.17) is 4.89 Å². The van der Waals surface area contributed by atoms with E-state index in [1.165, 1.54) is 5.19 Å². The molecule has 1 aromatic rings. The fraction of sp³-hybridized carbons (Fsp3) is 0.385. The first-order valence-corrected chi connectivity index (χ1v) is 9.10. The van der Waals surface area contributed by atoms with Crippen molar-refractivity contribution in [2.45, 2.75) is 33.5 Å². The molecule has 1 aromatic carbocycles. The molecule has 0 fully saturated rings.